The van der Waals surface area contributed by atoms with Crippen LogP contribution in [0.25, 0.3) is 16.9 Å². The Bertz CT molecular complexity index is 1420. The zero-order valence-electron chi connectivity index (χ0n) is 19.2. The molecule has 11 nitrogen and oxygen atoms in total. The lowest BCUT2D eigenvalue weighted by molar-refractivity contribution is -0.757. The fourth-order valence-electron chi connectivity index (χ4n) is 3.60. The van der Waals surface area contributed by atoms with E-state index in [1.54, 1.807) is 35.8 Å². The summed E-state index contributed by atoms with van der Waals surface area (Å²) in [4.78, 5) is 38.5. The quantitative estimate of drug-likeness (QED) is 0.305. The second-order valence-corrected chi connectivity index (χ2v) is 9.92. The lowest BCUT2D eigenvalue weighted by Gasteiger charge is -2.14. The van der Waals surface area contributed by atoms with Gasteiger partial charge in [0.25, 0.3) is 5.09 Å². The summed E-state index contributed by atoms with van der Waals surface area (Å²) in [5, 5.41) is 20.6. The fourth-order valence-corrected chi connectivity index (χ4v) is 4.23. The topological polar surface area (TPSA) is 158 Å². The zero-order valence-corrected chi connectivity index (χ0v) is 20.0. The molecule has 0 bridgehead atoms. The molecular weight excluding hydrogens is 497 g/mol. The van der Waals surface area contributed by atoms with E-state index < -0.39 is 45.3 Å². The third-order valence-corrected chi connectivity index (χ3v) is 6.46. The third kappa shape index (κ3) is 6.24. The first-order valence-electron chi connectivity index (χ1n) is 10.4. The number of rotatable bonds is 10. The van der Waals surface area contributed by atoms with Gasteiger partial charge in [0.15, 0.2) is 15.9 Å². The summed E-state index contributed by atoms with van der Waals surface area (Å²) in [6.07, 6.45) is 0.796. The molecular formula is C23H22FN3O8S. The van der Waals surface area contributed by atoms with Crippen molar-refractivity contribution in [2.75, 3.05) is 12.9 Å². The van der Waals surface area contributed by atoms with Crippen LogP contribution in [0.15, 0.2) is 59.5 Å². The summed E-state index contributed by atoms with van der Waals surface area (Å²) in [6, 6.07) is 11.8. The summed E-state index contributed by atoms with van der Waals surface area (Å²) in [6.45, 7) is 0.821. The molecule has 0 saturated heterocycles. The Hall–Kier alpha value is -4.26. The maximum Gasteiger partial charge on any atom is 0.328 e. The van der Waals surface area contributed by atoms with Gasteiger partial charge in [-0.3, -0.25) is 4.79 Å². The molecule has 3 rings (SSSR count). The highest BCUT2D eigenvalue weighted by molar-refractivity contribution is 7.90. The number of benzene rings is 2. The number of aromatic nitrogens is 1. The number of carboxylic acid groups (broad SMARTS) is 1. The molecule has 36 heavy (non-hydrogen) atoms. The van der Waals surface area contributed by atoms with Gasteiger partial charge < -0.3 is 19.8 Å². The molecule has 0 aliphatic rings. The first-order chi connectivity index (χ1) is 16.9. The van der Waals surface area contributed by atoms with Gasteiger partial charge in [-0.1, -0.05) is 18.2 Å². The number of hydrogen-bond acceptors (Lipinski definition) is 7. The van der Waals surface area contributed by atoms with E-state index in [0.717, 1.165) is 6.26 Å². The highest BCUT2D eigenvalue weighted by atomic mass is 32.2. The predicted molar refractivity (Wildman–Crippen MR) is 125 cm³/mol. The number of carbonyl (C=O) groups excluding carboxylic acids is 1. The van der Waals surface area contributed by atoms with Crippen LogP contribution >= 0.6 is 0 Å². The van der Waals surface area contributed by atoms with Gasteiger partial charge in [-0.15, -0.1) is 10.1 Å². The Labute approximate surface area is 205 Å². The van der Waals surface area contributed by atoms with Gasteiger partial charge in [0.2, 0.25) is 5.91 Å². The molecule has 0 radical (unpaired) electrons. The number of halogens is 1. The van der Waals surface area contributed by atoms with Gasteiger partial charge >= 0.3 is 5.97 Å². The van der Waals surface area contributed by atoms with Gasteiger partial charge in [-0.2, -0.15) is 0 Å². The Kier molecular flexibility index (Phi) is 7.73. The van der Waals surface area contributed by atoms with Crippen molar-refractivity contribution < 1.29 is 37.4 Å². The average Bonchev–Trinajstić information content (AvgIpc) is 3.11. The molecule has 2 aromatic carbocycles. The van der Waals surface area contributed by atoms with Crippen molar-refractivity contribution in [3.05, 3.63) is 81.8 Å². The minimum atomic E-state index is -3.43. The summed E-state index contributed by atoms with van der Waals surface area (Å²) >= 11 is 0. The summed E-state index contributed by atoms with van der Waals surface area (Å²) < 4.78 is 39.3. The van der Waals surface area contributed by atoms with E-state index in [-0.39, 0.29) is 11.3 Å². The highest BCUT2D eigenvalue weighted by Gasteiger charge is 2.24. The number of amides is 1. The van der Waals surface area contributed by atoms with Gasteiger partial charge in [0.1, 0.15) is 12.4 Å². The lowest BCUT2D eigenvalue weighted by Crippen LogP contribution is -2.45. The van der Waals surface area contributed by atoms with Crippen LogP contribution in [0.4, 0.5) is 4.39 Å². The molecule has 0 saturated carbocycles. The molecule has 0 spiro atoms. The fraction of sp³-hybridized carbons (Fsp3) is 0.217. The van der Waals surface area contributed by atoms with Gasteiger partial charge in [0.05, 0.1) is 17.0 Å². The molecule has 1 atom stereocenters. The van der Waals surface area contributed by atoms with Crippen molar-refractivity contribution in [3.63, 3.8) is 0 Å². The third-order valence-electron chi connectivity index (χ3n) is 5.33. The lowest BCUT2D eigenvalue weighted by atomic mass is 10.1. The smallest absolute Gasteiger partial charge is 0.328 e. The van der Waals surface area contributed by atoms with Crippen LogP contribution in [-0.4, -0.2) is 54.0 Å². The van der Waals surface area contributed by atoms with Crippen molar-refractivity contribution in [2.24, 2.45) is 0 Å². The Morgan fingerprint density at radius 2 is 1.86 bits per heavy atom. The first-order valence-corrected chi connectivity index (χ1v) is 12.3. The largest absolute Gasteiger partial charge is 0.480 e. The minimum Gasteiger partial charge on any atom is -0.480 e. The molecule has 13 heteroatoms. The molecule has 0 unspecified atom stereocenters. The highest BCUT2D eigenvalue weighted by Crippen LogP contribution is 2.31. The Morgan fingerprint density at radius 3 is 2.42 bits per heavy atom. The van der Waals surface area contributed by atoms with Crippen LogP contribution in [0.1, 0.15) is 11.3 Å². The van der Waals surface area contributed by atoms with E-state index in [2.05, 4.69) is 10.2 Å². The van der Waals surface area contributed by atoms with Crippen molar-refractivity contribution in [1.82, 2.24) is 9.88 Å². The van der Waals surface area contributed by atoms with Crippen LogP contribution in [-0.2, 0) is 30.7 Å². The molecule has 1 amide bonds. The van der Waals surface area contributed by atoms with Gasteiger partial charge in [0, 0.05) is 17.6 Å². The van der Waals surface area contributed by atoms with Gasteiger partial charge in [-0.25, -0.2) is 17.6 Å². The van der Waals surface area contributed by atoms with Crippen LogP contribution < -0.4 is 5.32 Å². The molecule has 190 valence electrons. The van der Waals surface area contributed by atoms with Crippen LogP contribution in [0.5, 0.6) is 0 Å². The minimum absolute atomic E-state index is 0.114. The number of sulfone groups is 1. The SMILES string of the molecule is Cc1c(CC(=O)N[C@@H](CO[N+](=O)[O-])C(=O)O)cc(-c2ccc(S(C)(=O)=O)cc2)n1-c1cccc(F)c1. The predicted octanol–water partition coefficient (Wildman–Crippen LogP) is 2.32. The number of carbonyl (C=O) groups is 2. The standard InChI is InChI=1S/C23H22FN3O8S/c1-14-16(11-22(28)25-20(23(29)30)13-35-27(31)32)10-21(26(14)18-5-3-4-17(24)12-18)15-6-8-19(9-7-15)36(2,33)34/h3-10,12,20H,11,13H2,1-2H3,(H,25,28)(H,29,30)/t20-/m0/s1. The van der Waals surface area contributed by atoms with Crippen molar-refractivity contribution in [3.8, 4) is 16.9 Å². The molecule has 1 aromatic heterocycles. The van der Waals surface area contributed by atoms with E-state index in [9.17, 15) is 37.6 Å². The maximum absolute atomic E-state index is 14.0. The number of hydrogen-bond donors (Lipinski definition) is 2. The summed E-state index contributed by atoms with van der Waals surface area (Å²) in [5.41, 5.74) is 2.59. The molecule has 0 aliphatic carbocycles. The van der Waals surface area contributed by atoms with Crippen LogP contribution in [0, 0.1) is 22.9 Å². The molecule has 0 aliphatic heterocycles. The monoisotopic (exact) mass is 519 g/mol. The zero-order chi connectivity index (χ0) is 26.6. The van der Waals surface area contributed by atoms with Crippen LogP contribution in [0.2, 0.25) is 0 Å². The van der Waals surface area contributed by atoms with Gasteiger partial charge in [-0.05, 0) is 54.4 Å². The molecule has 1 heterocycles. The second-order valence-electron chi connectivity index (χ2n) is 7.91. The van der Waals surface area contributed by atoms with Crippen molar-refractivity contribution >= 4 is 21.7 Å². The average molecular weight is 520 g/mol. The molecule has 0 fully saturated rings. The number of carboxylic acids is 1. The van der Waals surface area contributed by atoms with Crippen molar-refractivity contribution in [1.29, 1.82) is 0 Å². The normalized spacial score (nSPS) is 12.1. The van der Waals surface area contributed by atoms with E-state index in [1.807, 2.05) is 0 Å². The number of aliphatic carboxylic acids is 1. The first kappa shape index (κ1) is 26.3. The molecule has 2 N–H and O–H groups in total. The maximum atomic E-state index is 14.0. The van der Waals surface area contributed by atoms with E-state index in [1.165, 1.54) is 30.3 Å². The Balaban J connectivity index is 1.99. The second kappa shape index (κ2) is 10.6. The van der Waals surface area contributed by atoms with E-state index in [0.29, 0.717) is 28.2 Å². The summed E-state index contributed by atoms with van der Waals surface area (Å²) in [7, 11) is -3.43. The Morgan fingerprint density at radius 1 is 1.19 bits per heavy atom. The summed E-state index contributed by atoms with van der Waals surface area (Å²) in [5.74, 6) is -2.73. The van der Waals surface area contributed by atoms with E-state index >= 15 is 0 Å². The van der Waals surface area contributed by atoms with E-state index in [4.69, 9.17) is 0 Å². The van der Waals surface area contributed by atoms with Crippen molar-refractivity contribution in [2.45, 2.75) is 24.3 Å². The van der Waals surface area contributed by atoms with Crippen LogP contribution in [0.3, 0.4) is 0 Å². The number of nitrogens with one attached hydrogen (secondary N) is 1. The molecule has 3 aromatic rings. The number of nitrogens with zero attached hydrogens (tertiary/aromatic N) is 2.